The Balaban J connectivity index is 1.52. The monoisotopic (exact) mass is 439 g/mol. The maximum absolute atomic E-state index is 13.2. The van der Waals surface area contributed by atoms with Gasteiger partial charge in [0.05, 0.1) is 40.0 Å². The first-order valence-electron chi connectivity index (χ1n) is 10.1. The summed E-state index contributed by atoms with van der Waals surface area (Å²) in [7, 11) is 0. The van der Waals surface area contributed by atoms with E-state index in [2.05, 4.69) is 21.3 Å². The minimum Gasteiger partial charge on any atom is -0.463 e. The number of para-hydroxylation sites is 1. The summed E-state index contributed by atoms with van der Waals surface area (Å²) in [4.78, 5) is 17.6. The van der Waals surface area contributed by atoms with Crippen LogP contribution in [0, 0.1) is 25.2 Å². The van der Waals surface area contributed by atoms with Crippen molar-refractivity contribution in [2.75, 3.05) is 0 Å². The number of aryl methyl sites for hydroxylation is 2. The zero-order valence-electron chi connectivity index (χ0n) is 17.8. The highest BCUT2D eigenvalue weighted by molar-refractivity contribution is 6.04. The molecule has 1 aromatic carbocycles. The van der Waals surface area contributed by atoms with Gasteiger partial charge in [-0.3, -0.25) is 0 Å². The molecule has 0 spiro atoms. The molecule has 0 aliphatic rings. The summed E-state index contributed by atoms with van der Waals surface area (Å²) in [6, 6.07) is 16.5. The highest BCUT2D eigenvalue weighted by Crippen LogP contribution is 2.28. The molecule has 4 aromatic heterocycles. The van der Waals surface area contributed by atoms with Gasteiger partial charge in [-0.1, -0.05) is 23.4 Å². The molecule has 162 valence electrons. The van der Waals surface area contributed by atoms with E-state index in [9.17, 15) is 10.1 Å². The number of aromatic nitrogens is 4. The normalized spacial score (nSPS) is 10.9. The van der Waals surface area contributed by atoms with Gasteiger partial charge in [0.2, 0.25) is 0 Å². The molecule has 9 heteroatoms. The van der Waals surface area contributed by atoms with Crippen molar-refractivity contribution in [2.24, 2.45) is 0 Å². The van der Waals surface area contributed by atoms with Crippen LogP contribution >= 0.6 is 0 Å². The fraction of sp³-hybridized carbons (Fsp3) is 0.125. The maximum atomic E-state index is 13.2. The van der Waals surface area contributed by atoms with Crippen LogP contribution in [0.4, 0.5) is 0 Å². The van der Waals surface area contributed by atoms with Gasteiger partial charge in [0.25, 0.3) is 5.71 Å². The molecule has 0 aliphatic carbocycles. The number of benzene rings is 1. The molecular formula is C24H17N5O4. The van der Waals surface area contributed by atoms with E-state index in [0.717, 1.165) is 5.69 Å². The molecular weight excluding hydrogens is 422 g/mol. The third kappa shape index (κ3) is 3.53. The number of carbonyl (C=O) groups excluding carboxylic acids is 1. The van der Waals surface area contributed by atoms with Gasteiger partial charge in [-0.15, -0.1) is 0 Å². The highest BCUT2D eigenvalue weighted by atomic mass is 16.5. The number of hydrogen-bond donors (Lipinski definition) is 0. The second-order valence-electron chi connectivity index (χ2n) is 7.32. The molecule has 33 heavy (non-hydrogen) atoms. The van der Waals surface area contributed by atoms with Crippen LogP contribution in [0.3, 0.4) is 0 Å². The molecule has 0 saturated carbocycles. The van der Waals surface area contributed by atoms with Gasteiger partial charge in [0, 0.05) is 0 Å². The van der Waals surface area contributed by atoms with E-state index in [-0.39, 0.29) is 17.9 Å². The predicted molar refractivity (Wildman–Crippen MR) is 116 cm³/mol. The summed E-state index contributed by atoms with van der Waals surface area (Å²) in [5, 5.41) is 18.5. The average Bonchev–Trinajstić information content (AvgIpc) is 3.57. The van der Waals surface area contributed by atoms with Crippen LogP contribution in [0.25, 0.3) is 28.2 Å². The van der Waals surface area contributed by atoms with E-state index in [0.29, 0.717) is 39.5 Å². The lowest BCUT2D eigenvalue weighted by Gasteiger charge is -2.10. The standard InChI is InChI=1S/C24H17N5O4/c1-14-18(12-25)20(29(27-14)16-7-4-3-5-8-16)13-32-24(30)17-11-19(21-9-6-10-31-21)26-23-22(17)15(2)28-33-23/h3-11H,13H2,1-2H3. The van der Waals surface area contributed by atoms with Crippen LogP contribution in [0.15, 0.2) is 63.7 Å². The van der Waals surface area contributed by atoms with E-state index in [1.54, 1.807) is 36.7 Å². The lowest BCUT2D eigenvalue weighted by Crippen LogP contribution is -2.11. The fourth-order valence-corrected chi connectivity index (χ4v) is 3.65. The van der Waals surface area contributed by atoms with Crippen LogP contribution in [-0.4, -0.2) is 25.9 Å². The predicted octanol–water partition coefficient (Wildman–Crippen LogP) is 4.51. The quantitative estimate of drug-likeness (QED) is 0.367. The number of nitrogens with zero attached hydrogens (tertiary/aromatic N) is 5. The molecule has 4 heterocycles. The second-order valence-corrected chi connectivity index (χ2v) is 7.32. The van der Waals surface area contributed by atoms with Crippen molar-refractivity contribution in [3.63, 3.8) is 0 Å². The number of furan rings is 1. The molecule has 0 unspecified atom stereocenters. The minimum atomic E-state index is -0.608. The van der Waals surface area contributed by atoms with Crippen molar-refractivity contribution in [1.82, 2.24) is 19.9 Å². The first kappa shape index (κ1) is 20.2. The number of hydrogen-bond acceptors (Lipinski definition) is 8. The third-order valence-corrected chi connectivity index (χ3v) is 5.22. The summed E-state index contributed by atoms with van der Waals surface area (Å²) >= 11 is 0. The second kappa shape index (κ2) is 8.09. The number of carbonyl (C=O) groups is 1. The first-order valence-corrected chi connectivity index (χ1v) is 10.1. The van der Waals surface area contributed by atoms with Crippen LogP contribution in [-0.2, 0) is 11.3 Å². The van der Waals surface area contributed by atoms with E-state index in [1.807, 2.05) is 30.3 Å². The van der Waals surface area contributed by atoms with Crippen molar-refractivity contribution < 1.29 is 18.5 Å². The van der Waals surface area contributed by atoms with Gasteiger partial charge in [-0.25, -0.2) is 14.5 Å². The fourth-order valence-electron chi connectivity index (χ4n) is 3.65. The van der Waals surface area contributed by atoms with Crippen LogP contribution in [0.2, 0.25) is 0 Å². The SMILES string of the molecule is Cc1nn(-c2ccccc2)c(COC(=O)c2cc(-c3ccco3)nc3onc(C)c23)c1C#N. The Morgan fingerprint density at radius 3 is 2.70 bits per heavy atom. The first-order chi connectivity index (χ1) is 16.1. The maximum Gasteiger partial charge on any atom is 0.339 e. The van der Waals surface area contributed by atoms with Crippen molar-refractivity contribution in [3.05, 3.63) is 83.0 Å². The molecule has 0 bridgehead atoms. The Morgan fingerprint density at radius 2 is 1.97 bits per heavy atom. The Labute approximate surface area is 187 Å². The van der Waals surface area contributed by atoms with Crippen molar-refractivity contribution in [1.29, 1.82) is 5.26 Å². The van der Waals surface area contributed by atoms with Crippen molar-refractivity contribution >= 4 is 17.1 Å². The van der Waals surface area contributed by atoms with Gasteiger partial charge in [0.15, 0.2) is 5.76 Å². The molecule has 0 amide bonds. The molecule has 0 N–H and O–H groups in total. The lowest BCUT2D eigenvalue weighted by atomic mass is 10.1. The summed E-state index contributed by atoms with van der Waals surface area (Å²) < 4.78 is 18.0. The molecule has 0 radical (unpaired) electrons. The summed E-state index contributed by atoms with van der Waals surface area (Å²) in [6.07, 6.45) is 1.52. The number of esters is 1. The minimum absolute atomic E-state index is 0.151. The largest absolute Gasteiger partial charge is 0.463 e. The molecule has 0 fully saturated rings. The molecule has 0 aliphatic heterocycles. The summed E-state index contributed by atoms with van der Waals surface area (Å²) in [6.45, 7) is 3.31. The third-order valence-electron chi connectivity index (χ3n) is 5.22. The Kier molecular flexibility index (Phi) is 4.95. The van der Waals surface area contributed by atoms with E-state index >= 15 is 0 Å². The number of fused-ring (bicyclic) bond motifs is 1. The smallest absolute Gasteiger partial charge is 0.339 e. The zero-order chi connectivity index (χ0) is 22.9. The van der Waals surface area contributed by atoms with E-state index < -0.39 is 5.97 Å². The van der Waals surface area contributed by atoms with Crippen LogP contribution in [0.5, 0.6) is 0 Å². The van der Waals surface area contributed by atoms with Crippen LogP contribution in [0.1, 0.15) is 33.0 Å². The topological polar surface area (TPSA) is 120 Å². The van der Waals surface area contributed by atoms with E-state index in [1.165, 1.54) is 6.26 Å². The molecule has 0 saturated heterocycles. The zero-order valence-corrected chi connectivity index (χ0v) is 17.8. The van der Waals surface area contributed by atoms with Gasteiger partial charge in [-0.05, 0) is 44.2 Å². The van der Waals surface area contributed by atoms with Crippen LogP contribution < -0.4 is 0 Å². The van der Waals surface area contributed by atoms with Gasteiger partial charge in [0.1, 0.15) is 23.9 Å². The van der Waals surface area contributed by atoms with E-state index in [4.69, 9.17) is 13.7 Å². The van der Waals surface area contributed by atoms with Gasteiger partial charge in [-0.2, -0.15) is 10.4 Å². The highest BCUT2D eigenvalue weighted by Gasteiger charge is 2.23. The number of rotatable bonds is 5. The number of nitriles is 1. The lowest BCUT2D eigenvalue weighted by molar-refractivity contribution is 0.0467. The Morgan fingerprint density at radius 1 is 1.15 bits per heavy atom. The van der Waals surface area contributed by atoms with Gasteiger partial charge >= 0.3 is 5.97 Å². The number of ether oxygens (including phenoxy) is 1. The molecule has 9 nitrogen and oxygen atoms in total. The molecule has 5 aromatic rings. The molecule has 0 atom stereocenters. The van der Waals surface area contributed by atoms with Crippen molar-refractivity contribution in [2.45, 2.75) is 20.5 Å². The Bertz CT molecular complexity index is 1510. The molecule has 5 rings (SSSR count). The van der Waals surface area contributed by atoms with Gasteiger partial charge < -0.3 is 13.7 Å². The average molecular weight is 439 g/mol. The van der Waals surface area contributed by atoms with Crippen molar-refractivity contribution in [3.8, 4) is 23.2 Å². The number of pyridine rings is 1. The summed E-state index contributed by atoms with van der Waals surface area (Å²) in [5.74, 6) is -0.131. The summed E-state index contributed by atoms with van der Waals surface area (Å²) in [5.41, 5.74) is 3.53. The Hall–Kier alpha value is -4.71.